The summed E-state index contributed by atoms with van der Waals surface area (Å²) in [5.41, 5.74) is 0. The Kier molecular flexibility index (Phi) is 6.26. The zero-order valence-corrected chi connectivity index (χ0v) is 6.64. The van der Waals surface area contributed by atoms with E-state index in [4.69, 9.17) is 10.2 Å². The molecule has 1 unspecified atom stereocenters. The normalized spacial score (nSPS) is 12.4. The van der Waals surface area contributed by atoms with Crippen molar-refractivity contribution >= 4 is 5.97 Å². The molecule has 0 spiro atoms. The van der Waals surface area contributed by atoms with Gasteiger partial charge in [0.1, 0.15) is 0 Å². The zero-order chi connectivity index (χ0) is 6.73. The SMILES string of the molecule is CC(C)C(O)C(=O)O.[Cr]. The molecule has 0 aromatic carbocycles. The van der Waals surface area contributed by atoms with Gasteiger partial charge in [-0.15, -0.1) is 0 Å². The summed E-state index contributed by atoms with van der Waals surface area (Å²) >= 11 is 0. The van der Waals surface area contributed by atoms with Crippen molar-refractivity contribution in [1.29, 1.82) is 0 Å². The fourth-order valence-electron chi connectivity index (χ4n) is 0.285. The minimum atomic E-state index is -1.21. The van der Waals surface area contributed by atoms with Gasteiger partial charge in [0, 0.05) is 17.4 Å². The number of hydrogen-bond donors (Lipinski definition) is 2. The second-order valence-electron chi connectivity index (χ2n) is 2.03. The third kappa shape index (κ3) is 4.46. The molecule has 0 rings (SSSR count). The number of aliphatic hydroxyl groups is 1. The number of rotatable bonds is 2. The van der Waals surface area contributed by atoms with E-state index >= 15 is 0 Å². The van der Waals surface area contributed by atoms with Crippen LogP contribution in [0.15, 0.2) is 0 Å². The average Bonchev–Trinajstić information content (AvgIpc) is 1.64. The van der Waals surface area contributed by atoms with Gasteiger partial charge >= 0.3 is 5.97 Å². The Labute approximate surface area is 64.8 Å². The van der Waals surface area contributed by atoms with Crippen molar-refractivity contribution in [2.45, 2.75) is 20.0 Å². The predicted molar refractivity (Wildman–Crippen MR) is 28.5 cm³/mol. The van der Waals surface area contributed by atoms with Gasteiger partial charge in [-0.2, -0.15) is 0 Å². The summed E-state index contributed by atoms with van der Waals surface area (Å²) in [4.78, 5) is 9.89. The Morgan fingerprint density at radius 1 is 1.44 bits per heavy atom. The third-order valence-corrected chi connectivity index (χ3v) is 0.884. The van der Waals surface area contributed by atoms with Crippen LogP contribution in [-0.4, -0.2) is 22.3 Å². The summed E-state index contributed by atoms with van der Waals surface area (Å²) in [6.07, 6.45) is -1.21. The largest absolute Gasteiger partial charge is 0.479 e. The van der Waals surface area contributed by atoms with Gasteiger partial charge in [-0.05, 0) is 5.92 Å². The van der Waals surface area contributed by atoms with Gasteiger partial charge < -0.3 is 10.2 Å². The van der Waals surface area contributed by atoms with Crippen LogP contribution in [0, 0.1) is 5.92 Å². The molecule has 54 valence electrons. The quantitative estimate of drug-likeness (QED) is 0.617. The maximum atomic E-state index is 9.89. The van der Waals surface area contributed by atoms with E-state index in [9.17, 15) is 4.79 Å². The Balaban J connectivity index is 0. The van der Waals surface area contributed by atoms with Crippen molar-refractivity contribution in [2.75, 3.05) is 0 Å². The minimum Gasteiger partial charge on any atom is -0.479 e. The first-order valence-electron chi connectivity index (χ1n) is 2.46. The van der Waals surface area contributed by atoms with Crippen LogP contribution in [0.3, 0.4) is 0 Å². The molecule has 0 aromatic heterocycles. The second-order valence-corrected chi connectivity index (χ2v) is 2.03. The topological polar surface area (TPSA) is 57.5 Å². The van der Waals surface area contributed by atoms with Crippen LogP contribution < -0.4 is 0 Å². The van der Waals surface area contributed by atoms with Gasteiger partial charge in [-0.25, -0.2) is 4.79 Å². The van der Waals surface area contributed by atoms with E-state index in [0.29, 0.717) is 0 Å². The van der Waals surface area contributed by atoms with Crippen LogP contribution in [-0.2, 0) is 22.2 Å². The van der Waals surface area contributed by atoms with Crippen LogP contribution in [0.1, 0.15) is 13.8 Å². The van der Waals surface area contributed by atoms with Crippen LogP contribution in [0.25, 0.3) is 0 Å². The molecular weight excluding hydrogens is 160 g/mol. The smallest absolute Gasteiger partial charge is 0.332 e. The van der Waals surface area contributed by atoms with E-state index in [2.05, 4.69) is 0 Å². The Hall–Kier alpha value is -0.0375. The molecule has 0 aliphatic rings. The standard InChI is InChI=1S/C5H10O3.Cr/c1-3(2)4(6)5(7)8;/h3-4,6H,1-2H3,(H,7,8);. The molecule has 0 amide bonds. The number of aliphatic hydroxyl groups excluding tert-OH is 1. The predicted octanol–water partition coefficient (Wildman–Crippen LogP) is 0.0854. The Morgan fingerprint density at radius 3 is 1.78 bits per heavy atom. The second kappa shape index (κ2) is 4.81. The Morgan fingerprint density at radius 2 is 1.78 bits per heavy atom. The summed E-state index contributed by atoms with van der Waals surface area (Å²) in [5.74, 6) is -1.35. The van der Waals surface area contributed by atoms with Crippen molar-refractivity contribution in [2.24, 2.45) is 5.92 Å². The van der Waals surface area contributed by atoms with Crippen LogP contribution in [0.2, 0.25) is 0 Å². The van der Waals surface area contributed by atoms with Crippen molar-refractivity contribution in [3.63, 3.8) is 0 Å². The van der Waals surface area contributed by atoms with Gasteiger partial charge in [0.25, 0.3) is 0 Å². The number of carboxylic acid groups (broad SMARTS) is 1. The average molecular weight is 170 g/mol. The number of aliphatic carboxylic acids is 1. The molecule has 0 saturated heterocycles. The van der Waals surface area contributed by atoms with Crippen molar-refractivity contribution in [1.82, 2.24) is 0 Å². The molecule has 0 saturated carbocycles. The molecule has 0 fully saturated rings. The molecular formula is C5H10CrO3. The summed E-state index contributed by atoms with van der Waals surface area (Å²) in [7, 11) is 0. The fourth-order valence-corrected chi connectivity index (χ4v) is 0.285. The molecule has 4 heteroatoms. The summed E-state index contributed by atoms with van der Waals surface area (Å²) in [5, 5.41) is 16.7. The Bertz CT molecular complexity index is 92.2. The molecule has 0 aliphatic heterocycles. The van der Waals surface area contributed by atoms with Gasteiger partial charge in [0.2, 0.25) is 0 Å². The third-order valence-electron chi connectivity index (χ3n) is 0.884. The van der Waals surface area contributed by atoms with E-state index < -0.39 is 12.1 Å². The van der Waals surface area contributed by atoms with E-state index in [0.717, 1.165) is 0 Å². The van der Waals surface area contributed by atoms with Gasteiger partial charge in [-0.1, -0.05) is 13.8 Å². The molecule has 0 radical (unpaired) electrons. The van der Waals surface area contributed by atoms with E-state index in [1.165, 1.54) is 0 Å². The maximum absolute atomic E-state index is 9.89. The first kappa shape index (κ1) is 11.7. The van der Waals surface area contributed by atoms with Crippen molar-refractivity contribution in [3.05, 3.63) is 0 Å². The van der Waals surface area contributed by atoms with E-state index in [1.807, 2.05) is 0 Å². The van der Waals surface area contributed by atoms with Crippen LogP contribution >= 0.6 is 0 Å². The molecule has 0 aliphatic carbocycles. The van der Waals surface area contributed by atoms with Crippen LogP contribution in [0.4, 0.5) is 0 Å². The summed E-state index contributed by atoms with van der Waals surface area (Å²) < 4.78 is 0. The van der Waals surface area contributed by atoms with Crippen molar-refractivity contribution < 1.29 is 32.4 Å². The summed E-state index contributed by atoms with van der Waals surface area (Å²) in [6, 6.07) is 0. The molecule has 0 aromatic rings. The minimum absolute atomic E-state index is 0. The molecule has 2 N–H and O–H groups in total. The maximum Gasteiger partial charge on any atom is 0.332 e. The first-order chi connectivity index (χ1) is 3.55. The fraction of sp³-hybridized carbons (Fsp3) is 0.800. The van der Waals surface area contributed by atoms with Crippen LogP contribution in [0.5, 0.6) is 0 Å². The molecule has 9 heavy (non-hydrogen) atoms. The molecule has 3 nitrogen and oxygen atoms in total. The molecule has 0 bridgehead atoms. The monoisotopic (exact) mass is 170 g/mol. The van der Waals surface area contributed by atoms with Crippen molar-refractivity contribution in [3.8, 4) is 0 Å². The first-order valence-corrected chi connectivity index (χ1v) is 2.46. The zero-order valence-electron chi connectivity index (χ0n) is 5.37. The number of carbonyl (C=O) groups is 1. The molecule has 1 atom stereocenters. The van der Waals surface area contributed by atoms with E-state index in [1.54, 1.807) is 13.8 Å². The van der Waals surface area contributed by atoms with Gasteiger partial charge in [0.15, 0.2) is 6.10 Å². The number of hydrogen-bond acceptors (Lipinski definition) is 2. The van der Waals surface area contributed by atoms with E-state index in [-0.39, 0.29) is 23.3 Å². The summed E-state index contributed by atoms with van der Waals surface area (Å²) in [6.45, 7) is 3.30. The van der Waals surface area contributed by atoms with Gasteiger partial charge in [0.05, 0.1) is 0 Å². The number of carboxylic acids is 1. The van der Waals surface area contributed by atoms with Gasteiger partial charge in [-0.3, -0.25) is 0 Å². The molecule has 0 heterocycles.